The van der Waals surface area contributed by atoms with Gasteiger partial charge in [-0.2, -0.15) is 0 Å². The lowest BCUT2D eigenvalue weighted by atomic mass is 9.76. The molecule has 0 bridgehead atoms. The van der Waals surface area contributed by atoms with Crippen LogP contribution in [0.4, 0.5) is 0 Å². The van der Waals surface area contributed by atoms with E-state index in [0.717, 1.165) is 29.7 Å². The van der Waals surface area contributed by atoms with Gasteiger partial charge in [0.2, 0.25) is 0 Å². The van der Waals surface area contributed by atoms with Crippen molar-refractivity contribution in [2.24, 2.45) is 4.99 Å². The molecule has 2 aromatic carbocycles. The molecule has 0 unspecified atom stereocenters. The maximum atomic E-state index is 10.9. The predicted octanol–water partition coefficient (Wildman–Crippen LogP) is 6.42. The summed E-state index contributed by atoms with van der Waals surface area (Å²) in [6.07, 6.45) is 8.05. The summed E-state index contributed by atoms with van der Waals surface area (Å²) in [5.74, 6) is 0.346. The third-order valence-electron chi connectivity index (χ3n) is 5.07. The number of phenols is 1. The van der Waals surface area contributed by atoms with Crippen LogP contribution in [-0.2, 0) is 5.41 Å². The molecule has 0 aliphatic rings. The Hall–Kier alpha value is -2.09. The minimum Gasteiger partial charge on any atom is -0.507 e. The molecule has 0 atom stereocenters. The first kappa shape index (κ1) is 20.2. The predicted molar refractivity (Wildman–Crippen MR) is 113 cm³/mol. The molecule has 2 nitrogen and oxygen atoms in total. The van der Waals surface area contributed by atoms with E-state index in [0.29, 0.717) is 5.75 Å². The fourth-order valence-electron chi connectivity index (χ4n) is 3.36. The Morgan fingerprint density at radius 3 is 2.38 bits per heavy atom. The summed E-state index contributed by atoms with van der Waals surface area (Å²) in [7, 11) is 0. The fourth-order valence-corrected chi connectivity index (χ4v) is 3.36. The Bertz CT molecular complexity index is 716. The van der Waals surface area contributed by atoms with Crippen LogP contribution in [0, 0.1) is 6.92 Å². The molecule has 26 heavy (non-hydrogen) atoms. The smallest absolute Gasteiger partial charge is 0.128 e. The van der Waals surface area contributed by atoms with E-state index in [4.69, 9.17) is 0 Å². The summed E-state index contributed by atoms with van der Waals surface area (Å²) < 4.78 is 0. The molecular weight excluding hydrogens is 318 g/mol. The molecule has 140 valence electrons. The third kappa shape index (κ3) is 5.20. The molecule has 0 aromatic heterocycles. The van der Waals surface area contributed by atoms with E-state index in [9.17, 15) is 5.11 Å². The molecular formula is C24H33NO. The van der Waals surface area contributed by atoms with Crippen molar-refractivity contribution in [3.05, 3.63) is 64.7 Å². The van der Waals surface area contributed by atoms with Gasteiger partial charge in [-0.1, -0.05) is 82.9 Å². The highest BCUT2D eigenvalue weighted by atomic mass is 16.3. The zero-order chi connectivity index (χ0) is 19.0. The lowest BCUT2D eigenvalue weighted by Gasteiger charge is -2.28. The summed E-state index contributed by atoms with van der Waals surface area (Å²) in [6.45, 7) is 9.45. The van der Waals surface area contributed by atoms with Gasteiger partial charge in [-0.05, 0) is 30.5 Å². The number of hydrogen-bond donors (Lipinski definition) is 1. The number of aliphatic imine (C=N–C) groups is 1. The maximum absolute atomic E-state index is 10.9. The van der Waals surface area contributed by atoms with Crippen molar-refractivity contribution < 1.29 is 5.11 Å². The Morgan fingerprint density at radius 1 is 1.00 bits per heavy atom. The van der Waals surface area contributed by atoms with Gasteiger partial charge in [-0.15, -0.1) is 0 Å². The van der Waals surface area contributed by atoms with Crippen LogP contribution < -0.4 is 0 Å². The van der Waals surface area contributed by atoms with Crippen molar-refractivity contribution in [1.82, 2.24) is 0 Å². The summed E-state index contributed by atoms with van der Waals surface area (Å²) in [4.78, 5) is 4.55. The summed E-state index contributed by atoms with van der Waals surface area (Å²) >= 11 is 0. The first-order valence-corrected chi connectivity index (χ1v) is 9.86. The van der Waals surface area contributed by atoms with Gasteiger partial charge in [-0.25, -0.2) is 0 Å². The highest BCUT2D eigenvalue weighted by Gasteiger charge is 2.27. The van der Waals surface area contributed by atoms with Gasteiger partial charge < -0.3 is 5.11 Å². The monoisotopic (exact) mass is 351 g/mol. The zero-order valence-corrected chi connectivity index (χ0v) is 16.8. The van der Waals surface area contributed by atoms with Crippen LogP contribution >= 0.6 is 0 Å². The number of hydrogen-bond acceptors (Lipinski definition) is 2. The number of nitrogens with zero attached hydrogens (tertiary/aromatic N) is 1. The minimum absolute atomic E-state index is 0.264. The molecule has 2 rings (SSSR count). The zero-order valence-electron chi connectivity index (χ0n) is 16.8. The topological polar surface area (TPSA) is 32.6 Å². The van der Waals surface area contributed by atoms with E-state index in [-0.39, 0.29) is 5.41 Å². The number of benzene rings is 2. The van der Waals surface area contributed by atoms with Crippen LogP contribution in [0.25, 0.3) is 0 Å². The lowest BCUT2D eigenvalue weighted by Crippen LogP contribution is -2.19. The molecule has 0 saturated heterocycles. The molecule has 0 aliphatic carbocycles. The van der Waals surface area contributed by atoms with E-state index in [2.05, 4.69) is 50.9 Å². The molecule has 0 saturated carbocycles. The molecule has 0 heterocycles. The van der Waals surface area contributed by atoms with E-state index in [1.807, 2.05) is 30.5 Å². The normalized spacial score (nSPS) is 12.0. The first-order chi connectivity index (χ1) is 12.5. The molecule has 0 spiro atoms. The van der Waals surface area contributed by atoms with Crippen molar-refractivity contribution in [2.45, 2.75) is 65.2 Å². The molecule has 0 fully saturated rings. The van der Waals surface area contributed by atoms with Gasteiger partial charge >= 0.3 is 0 Å². The molecule has 1 N–H and O–H groups in total. The van der Waals surface area contributed by atoms with Gasteiger partial charge in [0.05, 0.1) is 0 Å². The van der Waals surface area contributed by atoms with Crippen LogP contribution in [0.5, 0.6) is 5.75 Å². The molecule has 2 heteroatoms. The second kappa shape index (κ2) is 9.56. The van der Waals surface area contributed by atoms with Crippen molar-refractivity contribution in [3.63, 3.8) is 0 Å². The number of unbranched alkanes of at least 4 members (excludes halogenated alkanes) is 4. The lowest BCUT2D eigenvalue weighted by molar-refractivity contribution is 0.452. The Labute approximate surface area is 159 Å². The second-order valence-corrected chi connectivity index (χ2v) is 7.69. The minimum atomic E-state index is -0.264. The van der Waals surface area contributed by atoms with Gasteiger partial charge in [0, 0.05) is 29.3 Å². The van der Waals surface area contributed by atoms with Crippen LogP contribution in [0.1, 0.15) is 75.1 Å². The Kier molecular flexibility index (Phi) is 7.44. The van der Waals surface area contributed by atoms with Gasteiger partial charge in [-0.3, -0.25) is 4.99 Å². The van der Waals surface area contributed by atoms with E-state index in [1.54, 1.807) is 0 Å². The van der Waals surface area contributed by atoms with Crippen molar-refractivity contribution in [1.29, 1.82) is 0 Å². The average molecular weight is 352 g/mol. The van der Waals surface area contributed by atoms with E-state index in [1.165, 1.54) is 31.2 Å². The van der Waals surface area contributed by atoms with Crippen molar-refractivity contribution in [3.8, 4) is 5.75 Å². The Morgan fingerprint density at radius 2 is 1.69 bits per heavy atom. The third-order valence-corrected chi connectivity index (χ3v) is 5.07. The Balaban J connectivity index is 2.18. The average Bonchev–Trinajstić information content (AvgIpc) is 2.64. The number of aromatic hydroxyl groups is 1. The number of phenolic OH excluding ortho intramolecular Hbond substituents is 1. The van der Waals surface area contributed by atoms with Crippen molar-refractivity contribution in [2.75, 3.05) is 6.54 Å². The molecule has 2 aromatic rings. The van der Waals surface area contributed by atoms with Crippen LogP contribution in [-0.4, -0.2) is 17.9 Å². The largest absolute Gasteiger partial charge is 0.507 e. The van der Waals surface area contributed by atoms with Crippen LogP contribution in [0.15, 0.2) is 47.5 Å². The maximum Gasteiger partial charge on any atom is 0.128 e. The number of rotatable bonds is 9. The van der Waals surface area contributed by atoms with Crippen LogP contribution in [0.2, 0.25) is 0 Å². The van der Waals surface area contributed by atoms with E-state index < -0.39 is 0 Å². The van der Waals surface area contributed by atoms with Crippen molar-refractivity contribution >= 4 is 6.21 Å². The number of aryl methyl sites for hydroxylation is 1. The fraction of sp³-hybridized carbons (Fsp3) is 0.458. The van der Waals surface area contributed by atoms with Gasteiger partial charge in [0.15, 0.2) is 0 Å². The second-order valence-electron chi connectivity index (χ2n) is 7.69. The van der Waals surface area contributed by atoms with Crippen LogP contribution in [0.3, 0.4) is 0 Å². The highest BCUT2D eigenvalue weighted by Crippen LogP contribution is 2.38. The summed E-state index contributed by atoms with van der Waals surface area (Å²) in [6, 6.07) is 14.5. The van der Waals surface area contributed by atoms with Gasteiger partial charge in [0.25, 0.3) is 0 Å². The quantitative estimate of drug-likeness (QED) is 0.410. The molecule has 0 amide bonds. The first-order valence-electron chi connectivity index (χ1n) is 9.86. The van der Waals surface area contributed by atoms with E-state index >= 15 is 0 Å². The highest BCUT2D eigenvalue weighted by molar-refractivity contribution is 5.85. The summed E-state index contributed by atoms with van der Waals surface area (Å²) in [5, 5.41) is 10.9. The van der Waals surface area contributed by atoms with Gasteiger partial charge in [0.1, 0.15) is 5.75 Å². The standard InChI is InChI=1S/C24H33NO/c1-5-6-7-8-12-15-25-18-20-16-19(2)17-22(23(20)26)24(3,4)21-13-10-9-11-14-21/h9-11,13-14,16-18,26H,5-8,12,15H2,1-4H3. The SMILES string of the molecule is CCCCCCCN=Cc1cc(C)cc(C(C)(C)c2ccccc2)c1O. The molecule has 0 aliphatic heterocycles. The summed E-state index contributed by atoms with van der Waals surface area (Å²) in [5.41, 5.74) is 3.84. The molecule has 0 radical (unpaired) electrons.